The Morgan fingerprint density at radius 1 is 1.20 bits per heavy atom. The number of halogens is 1. The molecule has 0 aliphatic heterocycles. The van der Waals surface area contributed by atoms with Crippen LogP contribution in [0.3, 0.4) is 0 Å². The zero-order chi connectivity index (χ0) is 11.3. The third-order valence-corrected chi connectivity index (χ3v) is 2.66. The Bertz CT molecular complexity index is 331. The minimum atomic E-state index is 0.446. The van der Waals surface area contributed by atoms with Gasteiger partial charge in [0.05, 0.1) is 25.3 Å². The molecule has 1 aromatic carbocycles. The first-order chi connectivity index (χ1) is 7.22. The van der Waals surface area contributed by atoms with Crippen LogP contribution in [0.5, 0.6) is 11.5 Å². The Morgan fingerprint density at radius 2 is 1.87 bits per heavy atom. The van der Waals surface area contributed by atoms with Crippen molar-refractivity contribution >= 4 is 15.9 Å². The maximum Gasteiger partial charge on any atom is 0.133 e. The highest BCUT2D eigenvalue weighted by atomic mass is 79.9. The molecule has 0 aliphatic carbocycles. The van der Waals surface area contributed by atoms with E-state index in [4.69, 9.17) is 15.4 Å². The van der Waals surface area contributed by atoms with Crippen LogP contribution in [0.4, 0.5) is 0 Å². The molecule has 0 bridgehead atoms. The summed E-state index contributed by atoms with van der Waals surface area (Å²) in [6, 6.07) is 3.77. The highest BCUT2D eigenvalue weighted by Crippen LogP contribution is 2.32. The molecule has 5 heteroatoms. The van der Waals surface area contributed by atoms with Crippen molar-refractivity contribution in [3.63, 3.8) is 0 Å². The lowest BCUT2D eigenvalue weighted by Crippen LogP contribution is -2.05. The summed E-state index contributed by atoms with van der Waals surface area (Å²) in [5, 5.41) is 0. The van der Waals surface area contributed by atoms with Gasteiger partial charge in [0.2, 0.25) is 0 Å². The lowest BCUT2D eigenvalue weighted by Gasteiger charge is -2.11. The van der Waals surface area contributed by atoms with E-state index in [1.807, 2.05) is 12.1 Å². The molecule has 84 valence electrons. The van der Waals surface area contributed by atoms with Gasteiger partial charge in [-0.3, -0.25) is 0 Å². The smallest absolute Gasteiger partial charge is 0.133 e. The van der Waals surface area contributed by atoms with Crippen LogP contribution in [-0.2, 0) is 11.3 Å². The first-order valence-corrected chi connectivity index (χ1v) is 5.24. The van der Waals surface area contributed by atoms with Crippen LogP contribution in [-0.4, -0.2) is 20.8 Å². The Morgan fingerprint density at radius 3 is 2.40 bits per heavy atom. The summed E-state index contributed by atoms with van der Waals surface area (Å²) in [5.74, 6) is 6.54. The topological polar surface area (TPSA) is 53.7 Å². The second-order valence-corrected chi connectivity index (χ2v) is 3.77. The second-order valence-electron chi connectivity index (χ2n) is 2.92. The summed E-state index contributed by atoms with van der Waals surface area (Å²) in [7, 11) is 3.25. The molecule has 0 radical (unpaired) electrons. The van der Waals surface area contributed by atoms with Crippen LogP contribution in [0.2, 0.25) is 0 Å². The van der Waals surface area contributed by atoms with E-state index in [1.165, 1.54) is 0 Å². The van der Waals surface area contributed by atoms with Crippen molar-refractivity contribution in [3.8, 4) is 11.5 Å². The van der Waals surface area contributed by atoms with Gasteiger partial charge in [0, 0.05) is 12.0 Å². The maximum absolute atomic E-state index is 5.24. The number of hydrogen-bond acceptors (Lipinski definition) is 4. The fraction of sp³-hybridized carbons (Fsp3) is 0.400. The van der Waals surface area contributed by atoms with Gasteiger partial charge in [-0.15, -0.1) is 0 Å². The summed E-state index contributed by atoms with van der Waals surface area (Å²) in [6.45, 7) is 0.446. The van der Waals surface area contributed by atoms with E-state index in [2.05, 4.69) is 20.8 Å². The molecule has 0 spiro atoms. The van der Waals surface area contributed by atoms with Gasteiger partial charge in [-0.05, 0) is 28.1 Å². The van der Waals surface area contributed by atoms with Crippen LogP contribution < -0.4 is 15.4 Å². The maximum atomic E-state index is 5.24. The van der Waals surface area contributed by atoms with Crippen LogP contribution in [0, 0.1) is 0 Å². The molecule has 15 heavy (non-hydrogen) atoms. The Kier molecular flexibility index (Phi) is 4.87. The van der Waals surface area contributed by atoms with Crippen molar-refractivity contribution in [1.82, 2.24) is 0 Å². The zero-order valence-electron chi connectivity index (χ0n) is 8.75. The van der Waals surface area contributed by atoms with E-state index in [9.17, 15) is 0 Å². The molecule has 0 saturated carbocycles. The van der Waals surface area contributed by atoms with E-state index >= 15 is 0 Å². The van der Waals surface area contributed by atoms with Crippen molar-refractivity contribution in [2.45, 2.75) is 6.42 Å². The molecule has 0 aromatic heterocycles. The first kappa shape index (κ1) is 12.3. The van der Waals surface area contributed by atoms with Crippen LogP contribution in [0.1, 0.15) is 5.56 Å². The number of hydrogen-bond donors (Lipinski definition) is 1. The molecular formula is C10H14BrNO3. The molecule has 0 aliphatic rings. The van der Waals surface area contributed by atoms with Crippen LogP contribution in [0.25, 0.3) is 0 Å². The predicted octanol–water partition coefficient (Wildman–Crippen LogP) is 1.90. The Hall–Kier alpha value is -0.780. The second kappa shape index (κ2) is 5.95. The molecule has 0 unspecified atom stereocenters. The van der Waals surface area contributed by atoms with E-state index in [1.54, 1.807) is 14.2 Å². The molecule has 0 amide bonds. The van der Waals surface area contributed by atoms with Crippen molar-refractivity contribution < 1.29 is 14.3 Å². The molecule has 1 aromatic rings. The molecule has 2 N–H and O–H groups in total. The molecular weight excluding hydrogens is 262 g/mol. The van der Waals surface area contributed by atoms with Gasteiger partial charge in [-0.25, -0.2) is 5.90 Å². The fourth-order valence-electron chi connectivity index (χ4n) is 1.29. The Labute approximate surface area is 97.4 Å². The van der Waals surface area contributed by atoms with Crippen molar-refractivity contribution in [2.75, 3.05) is 20.8 Å². The van der Waals surface area contributed by atoms with E-state index in [0.29, 0.717) is 13.0 Å². The normalized spacial score (nSPS) is 10.1. The first-order valence-electron chi connectivity index (χ1n) is 4.45. The number of nitrogens with two attached hydrogens (primary N) is 1. The van der Waals surface area contributed by atoms with Crippen molar-refractivity contribution in [1.29, 1.82) is 0 Å². The largest absolute Gasteiger partial charge is 0.496 e. The van der Waals surface area contributed by atoms with Gasteiger partial charge in [0.1, 0.15) is 11.5 Å². The highest BCUT2D eigenvalue weighted by Gasteiger charge is 2.09. The summed E-state index contributed by atoms with van der Waals surface area (Å²) in [6.07, 6.45) is 0.684. The van der Waals surface area contributed by atoms with Gasteiger partial charge in [0.25, 0.3) is 0 Å². The highest BCUT2D eigenvalue weighted by molar-refractivity contribution is 9.10. The number of rotatable bonds is 5. The number of methoxy groups -OCH3 is 2. The number of benzene rings is 1. The van der Waals surface area contributed by atoms with Gasteiger partial charge >= 0.3 is 0 Å². The van der Waals surface area contributed by atoms with Crippen molar-refractivity contribution in [3.05, 3.63) is 22.2 Å². The van der Waals surface area contributed by atoms with Crippen LogP contribution in [0.15, 0.2) is 16.6 Å². The summed E-state index contributed by atoms with van der Waals surface area (Å²) in [5.41, 5.74) is 1.00. The van der Waals surface area contributed by atoms with Gasteiger partial charge in [-0.1, -0.05) is 0 Å². The molecule has 0 fully saturated rings. The van der Waals surface area contributed by atoms with Crippen molar-refractivity contribution in [2.24, 2.45) is 5.90 Å². The molecule has 4 nitrogen and oxygen atoms in total. The third-order valence-electron chi connectivity index (χ3n) is 2.04. The minimum Gasteiger partial charge on any atom is -0.496 e. The van der Waals surface area contributed by atoms with Gasteiger partial charge in [-0.2, -0.15) is 0 Å². The minimum absolute atomic E-state index is 0.446. The molecule has 0 atom stereocenters. The summed E-state index contributed by atoms with van der Waals surface area (Å²) < 4.78 is 11.3. The monoisotopic (exact) mass is 275 g/mol. The fourth-order valence-corrected chi connectivity index (χ4v) is 1.77. The molecule has 1 rings (SSSR count). The van der Waals surface area contributed by atoms with E-state index in [0.717, 1.165) is 21.5 Å². The van der Waals surface area contributed by atoms with E-state index < -0.39 is 0 Å². The van der Waals surface area contributed by atoms with Crippen LogP contribution >= 0.6 is 15.9 Å². The summed E-state index contributed by atoms with van der Waals surface area (Å²) >= 11 is 3.39. The van der Waals surface area contributed by atoms with Gasteiger partial charge in [0.15, 0.2) is 0 Å². The quantitative estimate of drug-likeness (QED) is 0.834. The molecule has 0 heterocycles. The SMILES string of the molecule is COc1cc(CCON)c(OC)cc1Br. The standard InChI is InChI=1S/C10H14BrNO3/c1-13-9-6-8(11)10(14-2)5-7(9)3-4-15-12/h5-6H,3-4,12H2,1-2H3. The predicted molar refractivity (Wildman–Crippen MR) is 61.1 cm³/mol. The average molecular weight is 276 g/mol. The lowest BCUT2D eigenvalue weighted by molar-refractivity contribution is 0.140. The third kappa shape index (κ3) is 3.09. The lowest BCUT2D eigenvalue weighted by atomic mass is 10.1. The average Bonchev–Trinajstić information content (AvgIpc) is 2.26. The van der Waals surface area contributed by atoms with Gasteiger partial charge < -0.3 is 14.3 Å². The Balaban J connectivity index is 2.99. The van der Waals surface area contributed by atoms with E-state index in [-0.39, 0.29) is 0 Å². The summed E-state index contributed by atoms with van der Waals surface area (Å²) in [4.78, 5) is 4.54. The molecule has 0 saturated heterocycles. The zero-order valence-corrected chi connectivity index (χ0v) is 10.3. The number of ether oxygens (including phenoxy) is 2.